The van der Waals surface area contributed by atoms with Crippen LogP contribution in [0, 0.1) is 5.92 Å². The van der Waals surface area contributed by atoms with Gasteiger partial charge in [-0.3, -0.25) is 9.69 Å². The molecule has 3 rings (SSSR count). The van der Waals surface area contributed by atoms with Crippen molar-refractivity contribution in [3.63, 3.8) is 0 Å². The number of ether oxygens (including phenoxy) is 1. The second-order valence-electron chi connectivity index (χ2n) is 6.57. The highest BCUT2D eigenvalue weighted by Crippen LogP contribution is 2.22. The van der Waals surface area contributed by atoms with Crippen molar-refractivity contribution >= 4 is 5.91 Å². The highest BCUT2D eigenvalue weighted by Gasteiger charge is 2.28. The molecule has 0 saturated carbocycles. The van der Waals surface area contributed by atoms with Gasteiger partial charge in [-0.1, -0.05) is 30.3 Å². The number of benzene rings is 1. The summed E-state index contributed by atoms with van der Waals surface area (Å²) in [7, 11) is 0. The van der Waals surface area contributed by atoms with Gasteiger partial charge in [0.05, 0.1) is 13.2 Å². The molecule has 1 atom stereocenters. The van der Waals surface area contributed by atoms with Crippen LogP contribution in [0.5, 0.6) is 0 Å². The number of nitrogens with two attached hydrogens (primary N) is 1. The fraction of sp³-hybridized carbons (Fsp3) is 0.611. The number of nitrogens with zero attached hydrogens (tertiary/aromatic N) is 2. The van der Waals surface area contributed by atoms with Gasteiger partial charge < -0.3 is 15.4 Å². The van der Waals surface area contributed by atoms with Crippen LogP contribution in [0.1, 0.15) is 24.4 Å². The van der Waals surface area contributed by atoms with E-state index in [0.29, 0.717) is 5.92 Å². The maximum Gasteiger partial charge on any atom is 0.244 e. The Morgan fingerprint density at radius 1 is 1.13 bits per heavy atom. The van der Waals surface area contributed by atoms with Crippen molar-refractivity contribution in [2.75, 3.05) is 45.9 Å². The first kappa shape index (κ1) is 16.4. The number of piperidine rings is 1. The van der Waals surface area contributed by atoms with E-state index in [1.54, 1.807) is 0 Å². The third-order valence-corrected chi connectivity index (χ3v) is 4.97. The lowest BCUT2D eigenvalue weighted by molar-refractivity contribution is -0.134. The number of likely N-dealkylation sites (tertiary alicyclic amines) is 1. The predicted molar refractivity (Wildman–Crippen MR) is 89.9 cm³/mol. The van der Waals surface area contributed by atoms with Gasteiger partial charge in [-0.2, -0.15) is 0 Å². The van der Waals surface area contributed by atoms with Crippen LogP contribution < -0.4 is 5.73 Å². The van der Waals surface area contributed by atoms with Gasteiger partial charge in [0.1, 0.15) is 6.04 Å². The van der Waals surface area contributed by atoms with E-state index in [1.807, 2.05) is 35.2 Å². The number of carbonyl (C=O) groups is 1. The molecule has 0 spiro atoms. The largest absolute Gasteiger partial charge is 0.379 e. The molecule has 5 nitrogen and oxygen atoms in total. The lowest BCUT2D eigenvalue weighted by atomic mass is 9.95. The summed E-state index contributed by atoms with van der Waals surface area (Å²) in [4.78, 5) is 17.0. The Balaban J connectivity index is 1.47. The Hall–Kier alpha value is -1.43. The van der Waals surface area contributed by atoms with Crippen LogP contribution in [0.15, 0.2) is 30.3 Å². The first-order valence-corrected chi connectivity index (χ1v) is 8.63. The van der Waals surface area contributed by atoms with Gasteiger partial charge in [0, 0.05) is 32.7 Å². The molecule has 2 N–H and O–H groups in total. The molecule has 0 aliphatic carbocycles. The van der Waals surface area contributed by atoms with E-state index < -0.39 is 6.04 Å². The minimum Gasteiger partial charge on any atom is -0.379 e. The van der Waals surface area contributed by atoms with Crippen molar-refractivity contribution in [1.82, 2.24) is 9.80 Å². The van der Waals surface area contributed by atoms with Gasteiger partial charge in [0.2, 0.25) is 5.91 Å². The van der Waals surface area contributed by atoms with Crippen LogP contribution in [0.4, 0.5) is 0 Å². The smallest absolute Gasteiger partial charge is 0.244 e. The van der Waals surface area contributed by atoms with E-state index in [1.165, 1.54) is 0 Å². The van der Waals surface area contributed by atoms with Crippen molar-refractivity contribution < 1.29 is 9.53 Å². The van der Waals surface area contributed by atoms with Gasteiger partial charge in [-0.15, -0.1) is 0 Å². The summed E-state index contributed by atoms with van der Waals surface area (Å²) in [5.41, 5.74) is 7.04. The summed E-state index contributed by atoms with van der Waals surface area (Å²) in [6, 6.07) is 9.11. The average molecular weight is 317 g/mol. The molecule has 2 fully saturated rings. The van der Waals surface area contributed by atoms with Crippen LogP contribution in [0.2, 0.25) is 0 Å². The van der Waals surface area contributed by atoms with Crippen molar-refractivity contribution in [3.8, 4) is 0 Å². The average Bonchev–Trinajstić information content (AvgIpc) is 2.63. The van der Waals surface area contributed by atoms with E-state index in [0.717, 1.165) is 64.3 Å². The second kappa shape index (κ2) is 7.90. The van der Waals surface area contributed by atoms with Crippen molar-refractivity contribution in [2.24, 2.45) is 11.7 Å². The quantitative estimate of drug-likeness (QED) is 0.908. The molecule has 2 saturated heterocycles. The Morgan fingerprint density at radius 2 is 1.78 bits per heavy atom. The van der Waals surface area contributed by atoms with E-state index in [9.17, 15) is 4.79 Å². The first-order chi connectivity index (χ1) is 11.2. The molecule has 126 valence electrons. The summed E-state index contributed by atoms with van der Waals surface area (Å²) in [6.45, 7) is 6.57. The third kappa shape index (κ3) is 4.31. The van der Waals surface area contributed by atoms with Gasteiger partial charge in [0.25, 0.3) is 0 Å². The van der Waals surface area contributed by atoms with Crippen molar-refractivity contribution in [1.29, 1.82) is 0 Å². The monoisotopic (exact) mass is 317 g/mol. The number of amides is 1. The standard InChI is InChI=1S/C18H27N3O2/c19-17(16-4-2-1-3-5-16)18(22)21-8-6-15(7-9-21)14-20-10-12-23-13-11-20/h1-5,15,17H,6-14,19H2. The number of hydrogen-bond acceptors (Lipinski definition) is 4. The summed E-state index contributed by atoms with van der Waals surface area (Å²) >= 11 is 0. The summed E-state index contributed by atoms with van der Waals surface area (Å²) < 4.78 is 5.40. The van der Waals surface area contributed by atoms with Crippen molar-refractivity contribution in [2.45, 2.75) is 18.9 Å². The summed E-state index contributed by atoms with van der Waals surface area (Å²) in [5.74, 6) is 0.742. The zero-order chi connectivity index (χ0) is 16.1. The van der Waals surface area contributed by atoms with Crippen LogP contribution in [-0.4, -0.2) is 61.6 Å². The molecule has 2 heterocycles. The Morgan fingerprint density at radius 3 is 2.43 bits per heavy atom. The number of carbonyl (C=O) groups excluding carboxylic acids is 1. The van der Waals surface area contributed by atoms with Gasteiger partial charge in [0.15, 0.2) is 0 Å². The summed E-state index contributed by atoms with van der Waals surface area (Å²) in [5, 5.41) is 0. The second-order valence-corrected chi connectivity index (χ2v) is 6.57. The first-order valence-electron chi connectivity index (χ1n) is 8.63. The maximum absolute atomic E-state index is 12.6. The molecule has 0 radical (unpaired) electrons. The highest BCUT2D eigenvalue weighted by atomic mass is 16.5. The van der Waals surface area contributed by atoms with E-state index in [4.69, 9.17) is 10.5 Å². The predicted octanol–water partition coefficient (Wildman–Crippen LogP) is 1.26. The SMILES string of the molecule is NC(C(=O)N1CCC(CN2CCOCC2)CC1)c1ccccc1. The van der Waals surface area contributed by atoms with E-state index in [-0.39, 0.29) is 5.91 Å². The van der Waals surface area contributed by atoms with Crippen LogP contribution in [0.25, 0.3) is 0 Å². The van der Waals surface area contributed by atoms with E-state index in [2.05, 4.69) is 4.90 Å². The minimum absolute atomic E-state index is 0.0565. The maximum atomic E-state index is 12.6. The molecular formula is C18H27N3O2. The molecular weight excluding hydrogens is 290 g/mol. The molecule has 0 bridgehead atoms. The van der Waals surface area contributed by atoms with Crippen LogP contribution in [-0.2, 0) is 9.53 Å². The third-order valence-electron chi connectivity index (χ3n) is 4.97. The van der Waals surface area contributed by atoms with E-state index >= 15 is 0 Å². The lowest BCUT2D eigenvalue weighted by Crippen LogP contribution is -2.46. The lowest BCUT2D eigenvalue weighted by Gasteiger charge is -2.36. The number of hydrogen-bond donors (Lipinski definition) is 1. The summed E-state index contributed by atoms with van der Waals surface area (Å²) in [6.07, 6.45) is 2.15. The Kier molecular flexibility index (Phi) is 5.65. The Bertz CT molecular complexity index is 494. The Labute approximate surface area is 138 Å². The molecule has 1 aromatic rings. The molecule has 1 unspecified atom stereocenters. The zero-order valence-corrected chi connectivity index (χ0v) is 13.7. The number of morpholine rings is 1. The number of rotatable bonds is 4. The van der Waals surface area contributed by atoms with Crippen LogP contribution >= 0.6 is 0 Å². The molecule has 2 aliphatic rings. The minimum atomic E-state index is -0.535. The normalized spacial score (nSPS) is 22.0. The van der Waals surface area contributed by atoms with Gasteiger partial charge in [-0.25, -0.2) is 0 Å². The molecule has 23 heavy (non-hydrogen) atoms. The molecule has 1 amide bonds. The van der Waals surface area contributed by atoms with Gasteiger partial charge in [-0.05, 0) is 24.3 Å². The van der Waals surface area contributed by atoms with Crippen molar-refractivity contribution in [3.05, 3.63) is 35.9 Å². The topological polar surface area (TPSA) is 58.8 Å². The van der Waals surface area contributed by atoms with Gasteiger partial charge >= 0.3 is 0 Å². The zero-order valence-electron chi connectivity index (χ0n) is 13.7. The van der Waals surface area contributed by atoms with Crippen LogP contribution in [0.3, 0.4) is 0 Å². The fourth-order valence-electron chi connectivity index (χ4n) is 3.48. The molecule has 5 heteroatoms. The molecule has 0 aromatic heterocycles. The molecule has 2 aliphatic heterocycles. The highest BCUT2D eigenvalue weighted by molar-refractivity contribution is 5.83. The fourth-order valence-corrected chi connectivity index (χ4v) is 3.48. The molecule has 1 aromatic carbocycles.